The first-order valence-corrected chi connectivity index (χ1v) is 24.2. The maximum absolute atomic E-state index is 2.52. The van der Waals surface area contributed by atoms with Gasteiger partial charge in [0, 0.05) is 16.9 Å². The monoisotopic (exact) mass is 881 g/mol. The third-order valence-corrected chi connectivity index (χ3v) is 14.3. The van der Waals surface area contributed by atoms with Crippen LogP contribution in [0.5, 0.6) is 0 Å². The number of anilines is 3. The van der Waals surface area contributed by atoms with Crippen molar-refractivity contribution >= 4 is 27.8 Å². The van der Waals surface area contributed by atoms with Crippen LogP contribution in [0.4, 0.5) is 17.1 Å². The molecule has 0 fully saturated rings. The van der Waals surface area contributed by atoms with E-state index in [0.29, 0.717) is 5.92 Å². The zero-order valence-corrected chi connectivity index (χ0v) is 38.9. The lowest BCUT2D eigenvalue weighted by molar-refractivity contribution is 0.768. The molecule has 1 heteroatoms. The minimum atomic E-state index is -0.550. The highest BCUT2D eigenvalue weighted by Crippen LogP contribution is 2.58. The predicted octanol–water partition coefficient (Wildman–Crippen LogP) is 18.5. The van der Waals surface area contributed by atoms with Crippen LogP contribution < -0.4 is 4.90 Å². The van der Waals surface area contributed by atoms with Gasteiger partial charge < -0.3 is 4.90 Å². The molecule has 0 atom stereocenters. The molecule has 0 heterocycles. The van der Waals surface area contributed by atoms with Crippen LogP contribution in [-0.2, 0) is 5.41 Å². The summed E-state index contributed by atoms with van der Waals surface area (Å²) < 4.78 is 0. The number of benzene rings is 11. The summed E-state index contributed by atoms with van der Waals surface area (Å²) in [4.78, 5) is 2.52. The molecule has 1 aliphatic carbocycles. The van der Waals surface area contributed by atoms with Gasteiger partial charge >= 0.3 is 0 Å². The molecular weight excluding hydrogens is 831 g/mol. The summed E-state index contributed by atoms with van der Waals surface area (Å²) >= 11 is 0. The molecule has 0 aromatic heterocycles. The summed E-state index contributed by atoms with van der Waals surface area (Å²) in [7, 11) is 0. The topological polar surface area (TPSA) is 3.24 Å². The van der Waals surface area contributed by atoms with Crippen LogP contribution in [0.2, 0.25) is 0 Å². The molecule has 12 rings (SSSR count). The van der Waals surface area contributed by atoms with Crippen molar-refractivity contribution in [3.63, 3.8) is 0 Å². The molecule has 11 aromatic rings. The highest BCUT2D eigenvalue weighted by atomic mass is 15.1. The molecule has 0 N–H and O–H groups in total. The highest BCUT2D eigenvalue weighted by molar-refractivity contribution is 6.01. The maximum atomic E-state index is 2.52. The van der Waals surface area contributed by atoms with E-state index in [1.54, 1.807) is 0 Å². The largest absolute Gasteiger partial charge is 0.310 e. The minimum Gasteiger partial charge on any atom is -0.310 e. The molecule has 328 valence electrons. The normalized spacial score (nSPS) is 12.4. The Morgan fingerprint density at radius 1 is 0.319 bits per heavy atom. The standard InChI is InChI=1S/C68H51N/c1-47(2)57-32-17-18-33-60(57)63-44-51-26-15-16-27-52(51)45-66(63)69(55-40-38-50(39-41-55)67-58(48-22-7-3-8-23-48)35-21-36-59(67)49-24-9-4-10-25-49)56-42-43-62-61-34-19-20-37-64(61)68(65(62)46-56,53-28-11-5-12-29-53)54-30-13-6-14-31-54/h3-47H,1-2H3. The Kier molecular flexibility index (Phi) is 10.7. The van der Waals surface area contributed by atoms with E-state index < -0.39 is 5.41 Å². The highest BCUT2D eigenvalue weighted by Gasteiger charge is 2.46. The first kappa shape index (κ1) is 41.9. The van der Waals surface area contributed by atoms with E-state index in [1.807, 2.05) is 0 Å². The van der Waals surface area contributed by atoms with Gasteiger partial charge in [-0.15, -0.1) is 0 Å². The zero-order chi connectivity index (χ0) is 46.3. The Bertz CT molecular complexity index is 3510. The summed E-state index contributed by atoms with van der Waals surface area (Å²) in [5, 5.41) is 2.41. The van der Waals surface area contributed by atoms with Crippen molar-refractivity contribution < 1.29 is 0 Å². The van der Waals surface area contributed by atoms with Gasteiger partial charge in [-0.05, 0) is 131 Å². The van der Waals surface area contributed by atoms with E-state index in [4.69, 9.17) is 0 Å². The van der Waals surface area contributed by atoms with Gasteiger partial charge in [-0.3, -0.25) is 0 Å². The number of nitrogens with zero attached hydrogens (tertiary/aromatic N) is 1. The van der Waals surface area contributed by atoms with Crippen LogP contribution in [0, 0.1) is 0 Å². The van der Waals surface area contributed by atoms with Gasteiger partial charge in [-0.1, -0.05) is 244 Å². The van der Waals surface area contributed by atoms with Crippen molar-refractivity contribution in [1.82, 2.24) is 0 Å². The fraction of sp³-hybridized carbons (Fsp3) is 0.0588. The van der Waals surface area contributed by atoms with Crippen LogP contribution in [-0.4, -0.2) is 0 Å². The second kappa shape index (κ2) is 17.6. The Hall–Kier alpha value is -8.52. The third-order valence-electron chi connectivity index (χ3n) is 14.3. The molecule has 0 saturated carbocycles. The number of fused-ring (bicyclic) bond motifs is 4. The molecule has 0 bridgehead atoms. The molecule has 1 nitrogen and oxygen atoms in total. The Balaban J connectivity index is 1.14. The Labute approximate surface area is 406 Å². The number of rotatable bonds is 10. The second-order valence-electron chi connectivity index (χ2n) is 18.6. The first-order valence-electron chi connectivity index (χ1n) is 24.2. The van der Waals surface area contributed by atoms with Gasteiger partial charge in [-0.25, -0.2) is 0 Å². The summed E-state index contributed by atoms with van der Waals surface area (Å²) in [6.07, 6.45) is 0. The average molecular weight is 882 g/mol. The molecular formula is C68H51N. The van der Waals surface area contributed by atoms with Crippen molar-refractivity contribution in [3.05, 3.63) is 295 Å². The summed E-state index contributed by atoms with van der Waals surface area (Å²) in [6, 6.07) is 98.7. The van der Waals surface area contributed by atoms with Crippen LogP contribution >= 0.6 is 0 Å². The molecule has 0 aliphatic heterocycles. The Morgan fingerprint density at radius 3 is 1.41 bits per heavy atom. The summed E-state index contributed by atoms with van der Waals surface area (Å²) in [5.74, 6) is 0.326. The van der Waals surface area contributed by atoms with Crippen molar-refractivity contribution in [2.75, 3.05) is 4.90 Å². The smallest absolute Gasteiger partial charge is 0.0714 e. The van der Waals surface area contributed by atoms with Crippen LogP contribution in [0.3, 0.4) is 0 Å². The van der Waals surface area contributed by atoms with Gasteiger partial charge in [0.25, 0.3) is 0 Å². The van der Waals surface area contributed by atoms with Gasteiger partial charge in [-0.2, -0.15) is 0 Å². The number of hydrogen-bond acceptors (Lipinski definition) is 1. The molecule has 0 spiro atoms. The number of hydrogen-bond donors (Lipinski definition) is 0. The zero-order valence-electron chi connectivity index (χ0n) is 38.9. The SMILES string of the molecule is CC(C)c1ccccc1-c1cc2ccccc2cc1N(c1ccc(-c2c(-c3ccccc3)cccc2-c2ccccc2)cc1)c1ccc2c(c1)C(c1ccccc1)(c1ccccc1)c1ccccc1-2. The fourth-order valence-corrected chi connectivity index (χ4v) is 11.2. The van der Waals surface area contributed by atoms with Gasteiger partial charge in [0.1, 0.15) is 0 Å². The van der Waals surface area contributed by atoms with E-state index in [9.17, 15) is 0 Å². The second-order valence-corrected chi connectivity index (χ2v) is 18.6. The van der Waals surface area contributed by atoms with E-state index in [2.05, 4.69) is 286 Å². The first-order chi connectivity index (χ1) is 34.1. The minimum absolute atomic E-state index is 0.326. The van der Waals surface area contributed by atoms with Crippen LogP contribution in [0.25, 0.3) is 66.4 Å². The van der Waals surface area contributed by atoms with E-state index in [-0.39, 0.29) is 0 Å². The lowest BCUT2D eigenvalue weighted by Gasteiger charge is -2.35. The van der Waals surface area contributed by atoms with Crippen LogP contribution in [0.1, 0.15) is 47.6 Å². The summed E-state index contributed by atoms with van der Waals surface area (Å²) in [5.41, 5.74) is 21.3. The van der Waals surface area contributed by atoms with Crippen molar-refractivity contribution in [2.45, 2.75) is 25.2 Å². The summed E-state index contributed by atoms with van der Waals surface area (Å²) in [6.45, 7) is 4.61. The Morgan fingerprint density at radius 2 is 0.797 bits per heavy atom. The van der Waals surface area contributed by atoms with Crippen molar-refractivity contribution in [3.8, 4) is 55.6 Å². The molecule has 11 aromatic carbocycles. The van der Waals surface area contributed by atoms with E-state index in [1.165, 1.54) is 88.7 Å². The molecule has 1 aliphatic rings. The fourth-order valence-electron chi connectivity index (χ4n) is 11.2. The van der Waals surface area contributed by atoms with Crippen molar-refractivity contribution in [1.29, 1.82) is 0 Å². The van der Waals surface area contributed by atoms with Gasteiger partial charge in [0.05, 0.1) is 11.1 Å². The van der Waals surface area contributed by atoms with Gasteiger partial charge in [0.2, 0.25) is 0 Å². The average Bonchev–Trinajstić information content (AvgIpc) is 3.72. The quantitative estimate of drug-likeness (QED) is 0.132. The van der Waals surface area contributed by atoms with Gasteiger partial charge in [0.15, 0.2) is 0 Å². The molecule has 0 amide bonds. The lowest BCUT2D eigenvalue weighted by Crippen LogP contribution is -2.28. The molecule has 0 saturated heterocycles. The molecule has 0 radical (unpaired) electrons. The van der Waals surface area contributed by atoms with Crippen LogP contribution in [0.15, 0.2) is 267 Å². The predicted molar refractivity (Wildman–Crippen MR) is 292 cm³/mol. The van der Waals surface area contributed by atoms with Crippen molar-refractivity contribution in [2.24, 2.45) is 0 Å². The maximum Gasteiger partial charge on any atom is 0.0714 e. The molecule has 0 unspecified atom stereocenters. The lowest BCUT2D eigenvalue weighted by atomic mass is 9.67. The van der Waals surface area contributed by atoms with E-state index >= 15 is 0 Å². The third kappa shape index (κ3) is 7.18. The van der Waals surface area contributed by atoms with E-state index in [0.717, 1.165) is 22.6 Å². The molecule has 69 heavy (non-hydrogen) atoms.